The standard InChI is InChI=1S/C16H14BrClN2O2/c1-11(22-15-7-5-13(17)6-8-15)16(21)20-19-10-12-3-2-4-14(18)9-12/h2-11H,1H3,(H,20,21)/t11-/m1/s1. The number of hydrogen-bond acceptors (Lipinski definition) is 3. The molecule has 0 aliphatic heterocycles. The first-order valence-corrected chi connectivity index (χ1v) is 7.72. The highest BCUT2D eigenvalue weighted by Gasteiger charge is 2.13. The van der Waals surface area contributed by atoms with Crippen LogP contribution in [0.1, 0.15) is 12.5 Å². The highest BCUT2D eigenvalue weighted by Crippen LogP contribution is 2.17. The van der Waals surface area contributed by atoms with Gasteiger partial charge in [0.25, 0.3) is 5.91 Å². The third-order valence-electron chi connectivity index (χ3n) is 2.73. The minimum Gasteiger partial charge on any atom is -0.481 e. The molecule has 114 valence electrons. The normalized spacial score (nSPS) is 12.1. The third kappa shape index (κ3) is 5.16. The number of benzene rings is 2. The third-order valence-corrected chi connectivity index (χ3v) is 3.50. The largest absolute Gasteiger partial charge is 0.481 e. The average molecular weight is 382 g/mol. The highest BCUT2D eigenvalue weighted by atomic mass is 79.9. The van der Waals surface area contributed by atoms with Crippen LogP contribution in [0.2, 0.25) is 5.02 Å². The summed E-state index contributed by atoms with van der Waals surface area (Å²) in [5.74, 6) is 0.283. The lowest BCUT2D eigenvalue weighted by molar-refractivity contribution is -0.127. The second-order valence-electron chi connectivity index (χ2n) is 4.50. The molecule has 0 saturated heterocycles. The molecule has 1 amide bonds. The van der Waals surface area contributed by atoms with Gasteiger partial charge in [-0.2, -0.15) is 5.10 Å². The number of hydrogen-bond donors (Lipinski definition) is 1. The van der Waals surface area contributed by atoms with Crippen LogP contribution in [0.3, 0.4) is 0 Å². The van der Waals surface area contributed by atoms with Crippen LogP contribution >= 0.6 is 27.5 Å². The summed E-state index contributed by atoms with van der Waals surface area (Å²) in [6, 6.07) is 14.4. The van der Waals surface area contributed by atoms with Crippen molar-refractivity contribution >= 4 is 39.7 Å². The zero-order valence-electron chi connectivity index (χ0n) is 11.8. The lowest BCUT2D eigenvalue weighted by Gasteiger charge is -2.12. The Hall–Kier alpha value is -1.85. The van der Waals surface area contributed by atoms with Crippen molar-refractivity contribution in [3.8, 4) is 5.75 Å². The van der Waals surface area contributed by atoms with Gasteiger partial charge in [0.05, 0.1) is 6.21 Å². The van der Waals surface area contributed by atoms with Crippen LogP contribution in [0.5, 0.6) is 5.75 Å². The molecule has 4 nitrogen and oxygen atoms in total. The summed E-state index contributed by atoms with van der Waals surface area (Å²) >= 11 is 9.20. The Kier molecular flexibility index (Phi) is 5.98. The van der Waals surface area contributed by atoms with Crippen molar-refractivity contribution in [2.45, 2.75) is 13.0 Å². The molecule has 0 aromatic heterocycles. The Balaban J connectivity index is 1.87. The van der Waals surface area contributed by atoms with Gasteiger partial charge in [-0.05, 0) is 48.9 Å². The van der Waals surface area contributed by atoms with Crippen molar-refractivity contribution < 1.29 is 9.53 Å². The predicted octanol–water partition coefficient (Wildman–Crippen LogP) is 4.02. The Bertz CT molecular complexity index is 674. The zero-order chi connectivity index (χ0) is 15.9. The van der Waals surface area contributed by atoms with E-state index in [1.807, 2.05) is 24.3 Å². The summed E-state index contributed by atoms with van der Waals surface area (Å²) in [7, 11) is 0. The first-order chi connectivity index (χ1) is 10.5. The van der Waals surface area contributed by atoms with Crippen molar-refractivity contribution in [1.82, 2.24) is 5.43 Å². The smallest absolute Gasteiger partial charge is 0.280 e. The molecule has 0 spiro atoms. The van der Waals surface area contributed by atoms with E-state index in [1.165, 1.54) is 6.21 Å². The molecule has 0 radical (unpaired) electrons. The molecule has 0 bridgehead atoms. The second kappa shape index (κ2) is 7.96. The SMILES string of the molecule is C[C@@H](Oc1ccc(Br)cc1)C(=O)NN=Cc1cccc(Cl)c1. The number of carbonyl (C=O) groups excluding carboxylic acids is 1. The van der Waals surface area contributed by atoms with Crippen LogP contribution in [0.4, 0.5) is 0 Å². The van der Waals surface area contributed by atoms with Gasteiger partial charge < -0.3 is 4.74 Å². The average Bonchev–Trinajstić information content (AvgIpc) is 2.49. The lowest BCUT2D eigenvalue weighted by Crippen LogP contribution is -2.33. The molecule has 2 aromatic carbocycles. The summed E-state index contributed by atoms with van der Waals surface area (Å²) in [6.07, 6.45) is 0.869. The van der Waals surface area contributed by atoms with Gasteiger partial charge in [0.15, 0.2) is 6.10 Å². The molecule has 0 aliphatic carbocycles. The Labute approximate surface area is 142 Å². The summed E-state index contributed by atoms with van der Waals surface area (Å²) in [4.78, 5) is 11.9. The number of carbonyl (C=O) groups is 1. The lowest BCUT2D eigenvalue weighted by atomic mass is 10.2. The first-order valence-electron chi connectivity index (χ1n) is 6.55. The van der Waals surface area contributed by atoms with Crippen molar-refractivity contribution in [2.24, 2.45) is 5.10 Å². The fraction of sp³-hybridized carbons (Fsp3) is 0.125. The minimum atomic E-state index is -0.655. The van der Waals surface area contributed by atoms with E-state index in [0.717, 1.165) is 10.0 Å². The van der Waals surface area contributed by atoms with Gasteiger partial charge in [0.2, 0.25) is 0 Å². The van der Waals surface area contributed by atoms with Crippen LogP contribution < -0.4 is 10.2 Å². The number of rotatable bonds is 5. The molecule has 0 saturated carbocycles. The van der Waals surface area contributed by atoms with E-state index >= 15 is 0 Å². The van der Waals surface area contributed by atoms with E-state index in [2.05, 4.69) is 26.5 Å². The van der Waals surface area contributed by atoms with Gasteiger partial charge in [-0.25, -0.2) is 5.43 Å². The molecule has 1 atom stereocenters. The molecule has 2 rings (SSSR count). The maximum atomic E-state index is 11.9. The molecule has 0 unspecified atom stereocenters. The van der Waals surface area contributed by atoms with Crippen LogP contribution in [0.25, 0.3) is 0 Å². The fourth-order valence-corrected chi connectivity index (χ4v) is 2.08. The maximum Gasteiger partial charge on any atom is 0.280 e. The Morgan fingerprint density at radius 3 is 2.73 bits per heavy atom. The summed E-state index contributed by atoms with van der Waals surface area (Å²) in [6.45, 7) is 1.66. The molecule has 2 aromatic rings. The van der Waals surface area contributed by atoms with E-state index in [9.17, 15) is 4.79 Å². The van der Waals surface area contributed by atoms with Gasteiger partial charge in [0.1, 0.15) is 5.75 Å². The van der Waals surface area contributed by atoms with Crippen molar-refractivity contribution in [1.29, 1.82) is 0 Å². The Morgan fingerprint density at radius 2 is 2.05 bits per heavy atom. The summed E-state index contributed by atoms with van der Waals surface area (Å²) in [5.41, 5.74) is 3.24. The van der Waals surface area contributed by atoms with Gasteiger partial charge in [0, 0.05) is 9.50 Å². The number of ether oxygens (including phenoxy) is 1. The minimum absolute atomic E-state index is 0.332. The van der Waals surface area contributed by atoms with Gasteiger partial charge in [-0.3, -0.25) is 4.79 Å². The number of nitrogens with one attached hydrogen (secondary N) is 1. The number of nitrogens with zero attached hydrogens (tertiary/aromatic N) is 1. The molecule has 0 heterocycles. The second-order valence-corrected chi connectivity index (χ2v) is 5.86. The number of amides is 1. The van der Waals surface area contributed by atoms with E-state index in [-0.39, 0.29) is 5.91 Å². The fourth-order valence-electron chi connectivity index (χ4n) is 1.62. The van der Waals surface area contributed by atoms with E-state index in [0.29, 0.717) is 10.8 Å². The van der Waals surface area contributed by atoms with Gasteiger partial charge in [-0.15, -0.1) is 0 Å². The van der Waals surface area contributed by atoms with E-state index in [4.69, 9.17) is 16.3 Å². The van der Waals surface area contributed by atoms with Crippen molar-refractivity contribution in [2.75, 3.05) is 0 Å². The predicted molar refractivity (Wildman–Crippen MR) is 91.4 cm³/mol. The van der Waals surface area contributed by atoms with Gasteiger partial charge in [-0.1, -0.05) is 39.7 Å². The van der Waals surface area contributed by atoms with Crippen LogP contribution in [0, 0.1) is 0 Å². The van der Waals surface area contributed by atoms with Crippen molar-refractivity contribution in [3.63, 3.8) is 0 Å². The van der Waals surface area contributed by atoms with Gasteiger partial charge >= 0.3 is 0 Å². The maximum absolute atomic E-state index is 11.9. The van der Waals surface area contributed by atoms with Crippen LogP contribution in [-0.2, 0) is 4.79 Å². The van der Waals surface area contributed by atoms with E-state index in [1.54, 1.807) is 31.2 Å². The molecule has 1 N–H and O–H groups in total. The molecule has 0 aliphatic rings. The number of halogens is 2. The molecule has 0 fully saturated rings. The molecule has 22 heavy (non-hydrogen) atoms. The summed E-state index contributed by atoms with van der Waals surface area (Å²) < 4.78 is 6.47. The first kappa shape index (κ1) is 16.5. The molecule has 6 heteroatoms. The monoisotopic (exact) mass is 380 g/mol. The topological polar surface area (TPSA) is 50.7 Å². The molecular weight excluding hydrogens is 368 g/mol. The van der Waals surface area contributed by atoms with Crippen molar-refractivity contribution in [3.05, 3.63) is 63.6 Å². The highest BCUT2D eigenvalue weighted by molar-refractivity contribution is 9.10. The quantitative estimate of drug-likeness (QED) is 0.628. The Morgan fingerprint density at radius 1 is 1.32 bits per heavy atom. The number of hydrazone groups is 1. The van der Waals surface area contributed by atoms with Crippen LogP contribution in [0.15, 0.2) is 58.1 Å². The molecular formula is C16H14BrClN2O2. The zero-order valence-corrected chi connectivity index (χ0v) is 14.1. The van der Waals surface area contributed by atoms with Crippen LogP contribution in [-0.4, -0.2) is 18.2 Å². The van der Waals surface area contributed by atoms with E-state index < -0.39 is 6.10 Å². The summed E-state index contributed by atoms with van der Waals surface area (Å²) in [5, 5.41) is 4.50.